The summed E-state index contributed by atoms with van der Waals surface area (Å²) in [4.78, 5) is 0. The van der Waals surface area contributed by atoms with Crippen LogP contribution >= 0.6 is 0 Å². The minimum Gasteiger partial charge on any atom is -0.491 e. The van der Waals surface area contributed by atoms with Crippen LogP contribution < -0.4 is 4.74 Å². The number of ether oxygens (including phenoxy) is 1. The molecule has 2 aromatic rings. The molecule has 0 heterocycles. The molecule has 0 saturated carbocycles. The summed E-state index contributed by atoms with van der Waals surface area (Å²) in [7, 11) is 0. The van der Waals surface area contributed by atoms with Gasteiger partial charge in [-0.3, -0.25) is 0 Å². The van der Waals surface area contributed by atoms with Gasteiger partial charge in [-0.05, 0) is 34.5 Å². The van der Waals surface area contributed by atoms with Crippen molar-refractivity contribution < 1.29 is 31.1 Å². The first-order chi connectivity index (χ1) is 10.3. The summed E-state index contributed by atoms with van der Waals surface area (Å²) in [6.45, 7) is -0.815. The van der Waals surface area contributed by atoms with Gasteiger partial charge in [0.2, 0.25) is 0 Å². The molecule has 0 atom stereocenters. The largest absolute Gasteiger partial charge is 0.491 e. The third-order valence-corrected chi connectivity index (χ3v) is 2.92. The highest BCUT2D eigenvalue weighted by Gasteiger charge is 2.38. The maximum absolute atomic E-state index is 12.7. The summed E-state index contributed by atoms with van der Waals surface area (Å²) in [6.07, 6.45) is -7.92. The maximum Gasteiger partial charge on any atom is 0.422 e. The minimum absolute atomic E-state index is 0.141. The second-order valence-corrected chi connectivity index (χ2v) is 4.39. The fourth-order valence-corrected chi connectivity index (χ4v) is 2.01. The molecule has 0 aliphatic carbocycles. The molecule has 0 aliphatic heterocycles. The highest BCUT2D eigenvalue weighted by atomic mass is 19.4. The van der Waals surface area contributed by atoms with Crippen LogP contribution in [-0.2, 0) is 0 Å². The molecule has 0 saturated heterocycles. The van der Waals surface area contributed by atoms with E-state index in [4.69, 9.17) is 4.74 Å². The number of benzene rings is 2. The first kappa shape index (κ1) is 16.2. The summed E-state index contributed by atoms with van der Waals surface area (Å²) in [5.41, 5.74) is -2.57. The SMILES string of the molecule is FCCOc1ccc2cc(C(=C(F)F)C(F)(F)F)ccc2c1. The van der Waals surface area contributed by atoms with E-state index < -0.39 is 30.1 Å². The van der Waals surface area contributed by atoms with Crippen LogP contribution in [0.1, 0.15) is 5.56 Å². The van der Waals surface area contributed by atoms with Crippen molar-refractivity contribution in [3.63, 3.8) is 0 Å². The molecule has 2 rings (SSSR count). The van der Waals surface area contributed by atoms with Crippen molar-refractivity contribution in [1.82, 2.24) is 0 Å². The molecule has 0 unspecified atom stereocenters. The fraction of sp³-hybridized carbons (Fsp3) is 0.200. The molecule has 0 fully saturated rings. The number of halogens is 6. The van der Waals surface area contributed by atoms with Gasteiger partial charge in [-0.25, -0.2) is 4.39 Å². The van der Waals surface area contributed by atoms with Gasteiger partial charge in [0.05, 0.1) is 0 Å². The predicted molar refractivity (Wildman–Crippen MR) is 70.6 cm³/mol. The Bertz CT molecular complexity index is 701. The van der Waals surface area contributed by atoms with Crippen molar-refractivity contribution in [1.29, 1.82) is 0 Å². The van der Waals surface area contributed by atoms with Gasteiger partial charge in [-0.2, -0.15) is 22.0 Å². The molecule has 0 radical (unpaired) electrons. The van der Waals surface area contributed by atoms with Gasteiger partial charge < -0.3 is 4.74 Å². The Balaban J connectivity index is 2.45. The Morgan fingerprint density at radius 3 is 2.18 bits per heavy atom. The molecule has 0 aliphatic rings. The van der Waals surface area contributed by atoms with E-state index in [0.29, 0.717) is 16.5 Å². The summed E-state index contributed by atoms with van der Waals surface area (Å²) in [6, 6.07) is 7.62. The van der Waals surface area contributed by atoms with E-state index in [9.17, 15) is 26.3 Å². The van der Waals surface area contributed by atoms with Crippen LogP contribution in [0, 0.1) is 0 Å². The monoisotopic (exact) mass is 320 g/mol. The number of hydrogen-bond donors (Lipinski definition) is 0. The van der Waals surface area contributed by atoms with Crippen molar-refractivity contribution in [3.05, 3.63) is 48.0 Å². The van der Waals surface area contributed by atoms with E-state index in [1.165, 1.54) is 24.3 Å². The lowest BCUT2D eigenvalue weighted by Crippen LogP contribution is -2.11. The number of allylic oxidation sites excluding steroid dienone is 1. The Morgan fingerprint density at radius 2 is 1.59 bits per heavy atom. The number of rotatable bonds is 4. The van der Waals surface area contributed by atoms with E-state index in [2.05, 4.69) is 0 Å². The van der Waals surface area contributed by atoms with Crippen molar-refractivity contribution >= 4 is 16.3 Å². The van der Waals surface area contributed by atoms with Crippen molar-refractivity contribution in [3.8, 4) is 5.75 Å². The molecular formula is C15H10F6O. The molecular weight excluding hydrogens is 310 g/mol. The summed E-state index contributed by atoms with van der Waals surface area (Å²) in [5, 5.41) is 0.842. The molecule has 1 nitrogen and oxygen atoms in total. The van der Waals surface area contributed by atoms with Gasteiger partial charge in [0.1, 0.15) is 24.6 Å². The van der Waals surface area contributed by atoms with Gasteiger partial charge in [0, 0.05) is 0 Å². The third kappa shape index (κ3) is 3.52. The zero-order chi connectivity index (χ0) is 16.3. The van der Waals surface area contributed by atoms with Gasteiger partial charge in [0.15, 0.2) is 0 Å². The van der Waals surface area contributed by atoms with Crippen LogP contribution in [0.15, 0.2) is 42.5 Å². The average Bonchev–Trinajstić information content (AvgIpc) is 2.43. The topological polar surface area (TPSA) is 9.23 Å². The van der Waals surface area contributed by atoms with Gasteiger partial charge in [-0.1, -0.05) is 18.2 Å². The molecule has 0 aromatic heterocycles. The minimum atomic E-state index is -5.14. The van der Waals surface area contributed by atoms with Crippen LogP contribution in [0.2, 0.25) is 0 Å². The van der Waals surface area contributed by atoms with E-state index >= 15 is 0 Å². The van der Waals surface area contributed by atoms with Crippen LogP contribution in [0.25, 0.3) is 16.3 Å². The van der Waals surface area contributed by atoms with E-state index in [1.807, 2.05) is 0 Å². The van der Waals surface area contributed by atoms with E-state index in [-0.39, 0.29) is 6.61 Å². The number of hydrogen-bond acceptors (Lipinski definition) is 1. The molecule has 22 heavy (non-hydrogen) atoms. The van der Waals surface area contributed by atoms with E-state index in [1.54, 1.807) is 0 Å². The smallest absolute Gasteiger partial charge is 0.422 e. The van der Waals surface area contributed by atoms with Crippen LogP contribution in [0.5, 0.6) is 5.75 Å². The van der Waals surface area contributed by atoms with Crippen molar-refractivity contribution in [2.24, 2.45) is 0 Å². The second kappa shape index (κ2) is 6.29. The lowest BCUT2D eigenvalue weighted by Gasteiger charge is -2.12. The first-order valence-electron chi connectivity index (χ1n) is 6.18. The lowest BCUT2D eigenvalue weighted by atomic mass is 10.0. The predicted octanol–water partition coefficient (Wildman–Crippen LogP) is 5.36. The Hall–Kier alpha value is -2.18. The molecule has 0 bridgehead atoms. The maximum atomic E-state index is 12.7. The first-order valence-corrected chi connectivity index (χ1v) is 6.18. The summed E-state index contributed by atoms with van der Waals surface area (Å²) < 4.78 is 80.2. The Labute approximate surface area is 121 Å². The van der Waals surface area contributed by atoms with Gasteiger partial charge >= 0.3 is 6.18 Å². The summed E-state index contributed by atoms with van der Waals surface area (Å²) >= 11 is 0. The highest BCUT2D eigenvalue weighted by Crippen LogP contribution is 2.38. The molecule has 0 amide bonds. The van der Waals surface area contributed by atoms with Crippen molar-refractivity contribution in [2.75, 3.05) is 13.3 Å². The molecule has 0 N–H and O–H groups in total. The highest BCUT2D eigenvalue weighted by molar-refractivity contribution is 5.88. The number of alkyl halides is 4. The average molecular weight is 320 g/mol. The zero-order valence-corrected chi connectivity index (χ0v) is 11.1. The van der Waals surface area contributed by atoms with Crippen LogP contribution in [-0.4, -0.2) is 19.5 Å². The number of fused-ring (bicyclic) bond motifs is 1. The van der Waals surface area contributed by atoms with Gasteiger partial charge in [0.25, 0.3) is 6.08 Å². The molecule has 118 valence electrons. The molecule has 7 heteroatoms. The molecule has 2 aromatic carbocycles. The normalized spacial score (nSPS) is 11.5. The Kier molecular flexibility index (Phi) is 4.63. The summed E-state index contributed by atoms with van der Waals surface area (Å²) in [5.74, 6) is 0.348. The molecule has 0 spiro atoms. The van der Waals surface area contributed by atoms with Crippen LogP contribution in [0.3, 0.4) is 0 Å². The zero-order valence-electron chi connectivity index (χ0n) is 11.1. The van der Waals surface area contributed by atoms with Crippen molar-refractivity contribution in [2.45, 2.75) is 6.18 Å². The Morgan fingerprint density at radius 1 is 0.955 bits per heavy atom. The lowest BCUT2D eigenvalue weighted by molar-refractivity contribution is -0.0711. The van der Waals surface area contributed by atoms with Crippen LogP contribution in [0.4, 0.5) is 26.3 Å². The second-order valence-electron chi connectivity index (χ2n) is 4.39. The quantitative estimate of drug-likeness (QED) is 0.689. The third-order valence-electron chi connectivity index (χ3n) is 2.92. The van der Waals surface area contributed by atoms with E-state index in [0.717, 1.165) is 12.1 Å². The standard InChI is InChI=1S/C15H10F6O/c16-5-6-22-12-4-3-9-7-11(2-1-10(9)8-12)13(14(17)18)15(19,20)21/h1-4,7-8H,5-6H2. The van der Waals surface area contributed by atoms with Gasteiger partial charge in [-0.15, -0.1) is 0 Å². The fourth-order valence-electron chi connectivity index (χ4n) is 2.01.